The van der Waals surface area contributed by atoms with Gasteiger partial charge in [-0.3, -0.25) is 4.79 Å². The van der Waals surface area contributed by atoms with Gasteiger partial charge in [0.2, 0.25) is 0 Å². The van der Waals surface area contributed by atoms with Crippen molar-refractivity contribution in [1.82, 2.24) is 5.32 Å². The predicted molar refractivity (Wildman–Crippen MR) is 38.7 cm³/mol. The van der Waals surface area contributed by atoms with Crippen molar-refractivity contribution in [1.29, 1.82) is 0 Å². The zero-order valence-electron chi connectivity index (χ0n) is 5.68. The van der Waals surface area contributed by atoms with Gasteiger partial charge in [0, 0.05) is 19.5 Å². The molecule has 1 saturated heterocycles. The fourth-order valence-corrected chi connectivity index (χ4v) is 1.38. The van der Waals surface area contributed by atoms with Crippen LogP contribution in [-0.2, 0) is 4.79 Å². The van der Waals surface area contributed by atoms with Crippen molar-refractivity contribution in [3.8, 4) is 0 Å². The molecule has 1 N–H and O–H groups in total. The molecule has 1 aliphatic carbocycles. The van der Waals surface area contributed by atoms with Gasteiger partial charge in [-0.15, -0.1) is 0 Å². The normalized spacial score (nSPS) is 23.8. The highest BCUT2D eigenvalue weighted by molar-refractivity contribution is 5.94. The summed E-state index contributed by atoms with van der Waals surface area (Å²) >= 11 is 0. The topological polar surface area (TPSA) is 29.1 Å². The standard InChI is InChI=1S/C8H9NO/c10-8-2-1-6-4-9-5-7(6)3-8/h1,3,9H,2,4-5H2. The zero-order valence-corrected chi connectivity index (χ0v) is 5.68. The number of fused-ring (bicyclic) bond motifs is 1. The quantitative estimate of drug-likeness (QED) is 0.521. The first kappa shape index (κ1) is 5.86. The molecule has 2 heteroatoms. The number of rotatable bonds is 0. The van der Waals surface area contributed by atoms with Gasteiger partial charge in [0.25, 0.3) is 0 Å². The second kappa shape index (κ2) is 2.06. The molecule has 0 aromatic carbocycles. The Morgan fingerprint density at radius 3 is 3.00 bits per heavy atom. The van der Waals surface area contributed by atoms with E-state index in [0.29, 0.717) is 6.42 Å². The summed E-state index contributed by atoms with van der Waals surface area (Å²) < 4.78 is 0. The van der Waals surface area contributed by atoms with Crippen LogP contribution < -0.4 is 5.32 Å². The summed E-state index contributed by atoms with van der Waals surface area (Å²) in [5.41, 5.74) is 2.51. The van der Waals surface area contributed by atoms with Crippen molar-refractivity contribution >= 4 is 5.78 Å². The average molecular weight is 135 g/mol. The van der Waals surface area contributed by atoms with Crippen LogP contribution in [0.3, 0.4) is 0 Å². The molecule has 0 saturated carbocycles. The monoisotopic (exact) mass is 135 g/mol. The molecule has 1 fully saturated rings. The van der Waals surface area contributed by atoms with Gasteiger partial charge in [0.05, 0.1) is 0 Å². The minimum atomic E-state index is 0.238. The SMILES string of the molecule is O=C1C=C2CNCC2=CC1. The second-order valence-corrected chi connectivity index (χ2v) is 2.67. The largest absolute Gasteiger partial charge is 0.309 e. The molecule has 2 aliphatic rings. The van der Waals surface area contributed by atoms with Gasteiger partial charge >= 0.3 is 0 Å². The van der Waals surface area contributed by atoms with Gasteiger partial charge in [-0.2, -0.15) is 0 Å². The highest BCUT2D eigenvalue weighted by atomic mass is 16.1. The lowest BCUT2D eigenvalue weighted by atomic mass is 10.0. The zero-order chi connectivity index (χ0) is 6.97. The minimum absolute atomic E-state index is 0.238. The van der Waals surface area contributed by atoms with E-state index in [2.05, 4.69) is 5.32 Å². The molecule has 0 bridgehead atoms. The van der Waals surface area contributed by atoms with Gasteiger partial charge in [-0.05, 0) is 17.2 Å². The van der Waals surface area contributed by atoms with Crippen LogP contribution in [0.25, 0.3) is 0 Å². The number of hydrogen-bond donors (Lipinski definition) is 1. The van der Waals surface area contributed by atoms with Gasteiger partial charge in [-0.1, -0.05) is 6.08 Å². The number of carbonyl (C=O) groups is 1. The smallest absolute Gasteiger partial charge is 0.159 e. The van der Waals surface area contributed by atoms with Gasteiger partial charge < -0.3 is 5.32 Å². The first-order chi connectivity index (χ1) is 4.86. The summed E-state index contributed by atoms with van der Waals surface area (Å²) in [6, 6.07) is 0. The summed E-state index contributed by atoms with van der Waals surface area (Å²) in [6.45, 7) is 1.82. The molecule has 1 aliphatic heterocycles. The summed E-state index contributed by atoms with van der Waals surface area (Å²) in [5, 5.41) is 3.20. The van der Waals surface area contributed by atoms with E-state index in [1.54, 1.807) is 6.08 Å². The fourth-order valence-electron chi connectivity index (χ4n) is 1.38. The van der Waals surface area contributed by atoms with E-state index in [4.69, 9.17) is 0 Å². The number of hydrogen-bond acceptors (Lipinski definition) is 2. The molecule has 0 spiro atoms. The molecule has 52 valence electrons. The van der Waals surface area contributed by atoms with E-state index >= 15 is 0 Å². The Morgan fingerprint density at radius 1 is 1.30 bits per heavy atom. The van der Waals surface area contributed by atoms with E-state index in [1.807, 2.05) is 6.08 Å². The number of allylic oxidation sites excluding steroid dienone is 2. The van der Waals surface area contributed by atoms with Crippen LogP contribution in [0, 0.1) is 0 Å². The Hall–Kier alpha value is -0.890. The lowest BCUT2D eigenvalue weighted by Gasteiger charge is -2.03. The number of carbonyl (C=O) groups excluding carboxylic acids is 1. The van der Waals surface area contributed by atoms with Crippen LogP contribution in [0.5, 0.6) is 0 Å². The molecule has 0 aromatic heterocycles. The fraction of sp³-hybridized carbons (Fsp3) is 0.375. The second-order valence-electron chi connectivity index (χ2n) is 2.67. The maximum atomic E-state index is 10.9. The van der Waals surface area contributed by atoms with Crippen LogP contribution in [-0.4, -0.2) is 18.9 Å². The summed E-state index contributed by atoms with van der Waals surface area (Å²) in [5.74, 6) is 0.238. The Labute approximate surface area is 59.6 Å². The average Bonchev–Trinajstić information content (AvgIpc) is 2.33. The Balaban J connectivity index is 2.35. The van der Waals surface area contributed by atoms with E-state index in [1.165, 1.54) is 11.1 Å². The predicted octanol–water partition coefficient (Wildman–Crippen LogP) is 0.415. The van der Waals surface area contributed by atoms with E-state index in [9.17, 15) is 4.79 Å². The van der Waals surface area contributed by atoms with Crippen LogP contribution in [0.1, 0.15) is 6.42 Å². The molecule has 10 heavy (non-hydrogen) atoms. The molecule has 0 radical (unpaired) electrons. The van der Waals surface area contributed by atoms with Crippen molar-refractivity contribution in [2.75, 3.05) is 13.1 Å². The van der Waals surface area contributed by atoms with Crippen molar-refractivity contribution in [2.24, 2.45) is 0 Å². The summed E-state index contributed by atoms with van der Waals surface area (Å²) in [6.07, 6.45) is 4.38. The third-order valence-corrected chi connectivity index (χ3v) is 1.93. The highest BCUT2D eigenvalue weighted by Crippen LogP contribution is 2.19. The van der Waals surface area contributed by atoms with Crippen LogP contribution >= 0.6 is 0 Å². The third kappa shape index (κ3) is 0.809. The van der Waals surface area contributed by atoms with Gasteiger partial charge in [0.15, 0.2) is 5.78 Å². The maximum absolute atomic E-state index is 10.9. The molecule has 0 unspecified atom stereocenters. The molecule has 1 heterocycles. The Bertz CT molecular complexity index is 238. The number of ketones is 1. The first-order valence-corrected chi connectivity index (χ1v) is 3.50. The van der Waals surface area contributed by atoms with Crippen LogP contribution in [0.15, 0.2) is 23.3 Å². The molecule has 2 rings (SSSR count). The molecular formula is C8H9NO. The molecular weight excluding hydrogens is 126 g/mol. The maximum Gasteiger partial charge on any atom is 0.159 e. The Kier molecular flexibility index (Phi) is 1.21. The lowest BCUT2D eigenvalue weighted by molar-refractivity contribution is -0.113. The molecule has 2 nitrogen and oxygen atoms in total. The van der Waals surface area contributed by atoms with Crippen molar-refractivity contribution in [2.45, 2.75) is 6.42 Å². The lowest BCUT2D eigenvalue weighted by Crippen LogP contribution is -2.04. The van der Waals surface area contributed by atoms with E-state index < -0.39 is 0 Å². The number of nitrogens with one attached hydrogen (secondary N) is 1. The van der Waals surface area contributed by atoms with Gasteiger partial charge in [0.1, 0.15) is 0 Å². The Morgan fingerprint density at radius 2 is 2.10 bits per heavy atom. The molecule has 0 aromatic rings. The van der Waals surface area contributed by atoms with Crippen LogP contribution in [0.2, 0.25) is 0 Å². The first-order valence-electron chi connectivity index (χ1n) is 3.50. The van der Waals surface area contributed by atoms with Crippen molar-refractivity contribution < 1.29 is 4.79 Å². The summed E-state index contributed by atoms with van der Waals surface area (Å²) in [4.78, 5) is 10.9. The third-order valence-electron chi connectivity index (χ3n) is 1.93. The summed E-state index contributed by atoms with van der Waals surface area (Å²) in [7, 11) is 0. The van der Waals surface area contributed by atoms with E-state index in [0.717, 1.165) is 13.1 Å². The molecule has 0 atom stereocenters. The highest BCUT2D eigenvalue weighted by Gasteiger charge is 2.16. The van der Waals surface area contributed by atoms with Crippen molar-refractivity contribution in [3.05, 3.63) is 23.3 Å². The molecule has 0 amide bonds. The van der Waals surface area contributed by atoms with Crippen molar-refractivity contribution in [3.63, 3.8) is 0 Å². The minimum Gasteiger partial charge on any atom is -0.309 e. The van der Waals surface area contributed by atoms with E-state index in [-0.39, 0.29) is 5.78 Å². The van der Waals surface area contributed by atoms with Crippen LogP contribution in [0.4, 0.5) is 0 Å². The van der Waals surface area contributed by atoms with Gasteiger partial charge in [-0.25, -0.2) is 0 Å².